The Bertz CT molecular complexity index is 364. The van der Waals surface area contributed by atoms with Crippen LogP contribution in [0, 0.1) is 22.7 Å². The molecule has 1 saturated heterocycles. The fraction of sp³-hybridized carbons (Fsp3) is 0.941. The number of esters is 1. The van der Waals surface area contributed by atoms with Crippen LogP contribution in [0.1, 0.15) is 71.6 Å². The Hall–Kier alpha value is -0.530. The fourth-order valence-corrected chi connectivity index (χ4v) is 5.48. The SMILES string of the molecule is CCCCC1CCCC2C3(C)CCCC12C(=O)OC3. The highest BCUT2D eigenvalue weighted by atomic mass is 16.5. The first-order chi connectivity index (χ1) is 9.13. The predicted octanol–water partition coefficient (Wildman–Crippen LogP) is 4.33. The summed E-state index contributed by atoms with van der Waals surface area (Å²) < 4.78 is 5.68. The molecule has 2 saturated carbocycles. The van der Waals surface area contributed by atoms with Crippen molar-refractivity contribution in [2.45, 2.75) is 71.6 Å². The van der Waals surface area contributed by atoms with Gasteiger partial charge in [0.2, 0.25) is 0 Å². The second-order valence-electron chi connectivity index (χ2n) is 7.45. The summed E-state index contributed by atoms with van der Waals surface area (Å²) in [6, 6.07) is 0. The molecule has 3 aliphatic rings. The Morgan fingerprint density at radius 1 is 1.26 bits per heavy atom. The maximum Gasteiger partial charge on any atom is 0.312 e. The molecule has 0 spiro atoms. The third-order valence-electron chi connectivity index (χ3n) is 6.39. The molecule has 2 bridgehead atoms. The van der Waals surface area contributed by atoms with Gasteiger partial charge >= 0.3 is 5.97 Å². The summed E-state index contributed by atoms with van der Waals surface area (Å²) in [5.74, 6) is 1.36. The van der Waals surface area contributed by atoms with E-state index in [0.717, 1.165) is 6.42 Å². The summed E-state index contributed by atoms with van der Waals surface area (Å²) in [5.41, 5.74) is 0.176. The van der Waals surface area contributed by atoms with Crippen molar-refractivity contribution in [3.05, 3.63) is 0 Å². The Kier molecular flexibility index (Phi) is 3.39. The molecular formula is C17H28O2. The van der Waals surface area contributed by atoms with Crippen molar-refractivity contribution < 1.29 is 9.53 Å². The molecule has 1 heterocycles. The average Bonchev–Trinajstić information content (AvgIpc) is 2.41. The van der Waals surface area contributed by atoms with Crippen LogP contribution < -0.4 is 0 Å². The summed E-state index contributed by atoms with van der Waals surface area (Å²) in [5, 5.41) is 0. The van der Waals surface area contributed by atoms with Crippen molar-refractivity contribution in [3.63, 3.8) is 0 Å². The van der Waals surface area contributed by atoms with E-state index < -0.39 is 0 Å². The van der Waals surface area contributed by atoms with Crippen LogP contribution in [0.4, 0.5) is 0 Å². The zero-order chi connectivity index (χ0) is 13.5. The Labute approximate surface area is 117 Å². The first-order valence-electron chi connectivity index (χ1n) is 8.31. The third kappa shape index (κ3) is 1.86. The second kappa shape index (κ2) is 4.79. The van der Waals surface area contributed by atoms with E-state index >= 15 is 0 Å². The predicted molar refractivity (Wildman–Crippen MR) is 75.7 cm³/mol. The molecule has 19 heavy (non-hydrogen) atoms. The fourth-order valence-electron chi connectivity index (χ4n) is 5.48. The molecule has 2 aliphatic carbocycles. The van der Waals surface area contributed by atoms with Gasteiger partial charge in [-0.1, -0.05) is 39.5 Å². The number of cyclic esters (lactones) is 1. The zero-order valence-electron chi connectivity index (χ0n) is 12.5. The number of rotatable bonds is 3. The monoisotopic (exact) mass is 264 g/mol. The molecule has 0 amide bonds. The lowest BCUT2D eigenvalue weighted by Gasteiger charge is -2.60. The van der Waals surface area contributed by atoms with Crippen molar-refractivity contribution >= 4 is 5.97 Å². The molecule has 0 radical (unpaired) electrons. The van der Waals surface area contributed by atoms with Crippen LogP contribution in [0.2, 0.25) is 0 Å². The highest BCUT2D eigenvalue weighted by Crippen LogP contribution is 2.63. The van der Waals surface area contributed by atoms with E-state index in [9.17, 15) is 4.79 Å². The number of unbranched alkanes of at least 4 members (excludes halogenated alkanes) is 1. The molecule has 0 aromatic heterocycles. The Balaban J connectivity index is 1.95. The molecule has 3 rings (SSSR count). The maximum atomic E-state index is 12.7. The van der Waals surface area contributed by atoms with Gasteiger partial charge in [0.1, 0.15) is 0 Å². The van der Waals surface area contributed by atoms with Crippen LogP contribution in [0.25, 0.3) is 0 Å². The lowest BCUT2D eigenvalue weighted by atomic mass is 9.46. The maximum absolute atomic E-state index is 12.7. The molecule has 0 aromatic carbocycles. The number of carbonyl (C=O) groups is 1. The first kappa shape index (κ1) is 13.5. The van der Waals surface area contributed by atoms with Crippen molar-refractivity contribution in [1.29, 1.82) is 0 Å². The average molecular weight is 264 g/mol. The van der Waals surface area contributed by atoms with Crippen LogP contribution in [0.15, 0.2) is 0 Å². The first-order valence-corrected chi connectivity index (χ1v) is 8.31. The minimum absolute atomic E-state index is 0.0985. The Morgan fingerprint density at radius 3 is 2.89 bits per heavy atom. The molecule has 2 heteroatoms. The van der Waals surface area contributed by atoms with Gasteiger partial charge in [0, 0.05) is 5.41 Å². The highest BCUT2D eigenvalue weighted by molar-refractivity contribution is 5.79. The van der Waals surface area contributed by atoms with Crippen molar-refractivity contribution in [2.24, 2.45) is 22.7 Å². The summed E-state index contributed by atoms with van der Waals surface area (Å²) in [6.07, 6.45) is 11.2. The molecule has 0 aromatic rings. The third-order valence-corrected chi connectivity index (χ3v) is 6.39. The normalized spacial score (nSPS) is 45.5. The van der Waals surface area contributed by atoms with Gasteiger partial charge in [-0.3, -0.25) is 4.79 Å². The summed E-state index contributed by atoms with van der Waals surface area (Å²) in [4.78, 5) is 12.7. The van der Waals surface area contributed by atoms with E-state index in [4.69, 9.17) is 4.74 Å². The van der Waals surface area contributed by atoms with Gasteiger partial charge in [0.25, 0.3) is 0 Å². The van der Waals surface area contributed by atoms with E-state index in [-0.39, 0.29) is 16.8 Å². The van der Waals surface area contributed by atoms with Crippen molar-refractivity contribution in [1.82, 2.24) is 0 Å². The minimum atomic E-state index is -0.0985. The summed E-state index contributed by atoms with van der Waals surface area (Å²) in [6.45, 7) is 5.31. The van der Waals surface area contributed by atoms with E-state index in [1.165, 1.54) is 51.4 Å². The molecular weight excluding hydrogens is 236 g/mol. The molecule has 4 atom stereocenters. The number of ether oxygens (including phenoxy) is 1. The molecule has 0 N–H and O–H groups in total. The van der Waals surface area contributed by atoms with E-state index in [0.29, 0.717) is 18.4 Å². The lowest BCUT2D eigenvalue weighted by molar-refractivity contribution is -0.213. The Morgan fingerprint density at radius 2 is 2.11 bits per heavy atom. The largest absolute Gasteiger partial charge is 0.465 e. The smallest absolute Gasteiger partial charge is 0.312 e. The van der Waals surface area contributed by atoms with Crippen molar-refractivity contribution in [3.8, 4) is 0 Å². The van der Waals surface area contributed by atoms with Crippen LogP contribution in [-0.2, 0) is 9.53 Å². The van der Waals surface area contributed by atoms with Crippen LogP contribution >= 0.6 is 0 Å². The minimum Gasteiger partial charge on any atom is -0.465 e. The summed E-state index contributed by atoms with van der Waals surface area (Å²) >= 11 is 0. The van der Waals surface area contributed by atoms with Gasteiger partial charge < -0.3 is 4.74 Å². The van der Waals surface area contributed by atoms with Gasteiger partial charge in [-0.05, 0) is 43.9 Å². The number of hydrogen-bond acceptors (Lipinski definition) is 2. The van der Waals surface area contributed by atoms with E-state index in [2.05, 4.69) is 13.8 Å². The number of hydrogen-bond donors (Lipinski definition) is 0. The number of carbonyl (C=O) groups excluding carboxylic acids is 1. The van der Waals surface area contributed by atoms with Gasteiger partial charge in [0.15, 0.2) is 0 Å². The van der Waals surface area contributed by atoms with Gasteiger partial charge in [-0.25, -0.2) is 0 Å². The van der Waals surface area contributed by atoms with Crippen molar-refractivity contribution in [2.75, 3.05) is 6.61 Å². The molecule has 4 unspecified atom stereocenters. The molecule has 3 fully saturated rings. The topological polar surface area (TPSA) is 26.3 Å². The second-order valence-corrected chi connectivity index (χ2v) is 7.45. The van der Waals surface area contributed by atoms with Crippen LogP contribution in [-0.4, -0.2) is 12.6 Å². The van der Waals surface area contributed by atoms with Gasteiger partial charge in [0.05, 0.1) is 12.0 Å². The van der Waals surface area contributed by atoms with E-state index in [1.54, 1.807) is 0 Å². The standard InChI is InChI=1S/C17H28O2/c1-3-4-7-13-8-5-9-14-16(2)10-6-11-17(13,14)15(18)19-12-16/h13-14H,3-12H2,1-2H3. The molecule has 1 aliphatic heterocycles. The van der Waals surface area contributed by atoms with Crippen LogP contribution in [0.5, 0.6) is 0 Å². The van der Waals surface area contributed by atoms with E-state index in [1.807, 2.05) is 0 Å². The lowest BCUT2D eigenvalue weighted by Crippen LogP contribution is -2.61. The molecule has 108 valence electrons. The zero-order valence-corrected chi connectivity index (χ0v) is 12.5. The quantitative estimate of drug-likeness (QED) is 0.709. The molecule has 2 nitrogen and oxygen atoms in total. The van der Waals surface area contributed by atoms with Gasteiger partial charge in [-0.15, -0.1) is 0 Å². The highest BCUT2D eigenvalue weighted by Gasteiger charge is 2.63. The summed E-state index contributed by atoms with van der Waals surface area (Å²) in [7, 11) is 0. The van der Waals surface area contributed by atoms with Gasteiger partial charge in [-0.2, -0.15) is 0 Å². The van der Waals surface area contributed by atoms with Crippen LogP contribution in [0.3, 0.4) is 0 Å².